The number of nitrogens with zero attached hydrogens (tertiary/aromatic N) is 2. The van der Waals surface area contributed by atoms with Gasteiger partial charge in [0.1, 0.15) is 0 Å². The van der Waals surface area contributed by atoms with Gasteiger partial charge in [-0.15, -0.1) is 0 Å². The summed E-state index contributed by atoms with van der Waals surface area (Å²) in [5.41, 5.74) is 3.54. The first-order valence-corrected chi connectivity index (χ1v) is 3.96. The lowest BCUT2D eigenvalue weighted by Crippen LogP contribution is -1.86. The third-order valence-electron chi connectivity index (χ3n) is 2.13. The number of fused-ring (bicyclic) bond motifs is 1. The minimum atomic E-state index is 0.973. The molecule has 0 atom stereocenters. The normalized spacial score (nSPS) is 10.5. The van der Waals surface area contributed by atoms with Crippen molar-refractivity contribution in [2.45, 2.75) is 13.8 Å². The molecule has 60 valence electrons. The van der Waals surface area contributed by atoms with Crippen LogP contribution in [0.3, 0.4) is 0 Å². The Balaban J connectivity index is 2.84. The standard InChI is InChI=1S/C10H10N2/c1-7-5-9-3-4-11-12-10(9)6-8(7)2/h3-6H,1-2H3. The molecule has 0 saturated heterocycles. The summed E-state index contributed by atoms with van der Waals surface area (Å²) < 4.78 is 0. The van der Waals surface area contributed by atoms with Gasteiger partial charge in [-0.25, -0.2) is 0 Å². The predicted octanol–water partition coefficient (Wildman–Crippen LogP) is 2.25. The summed E-state index contributed by atoms with van der Waals surface area (Å²) in [5.74, 6) is 0. The Labute approximate surface area is 71.3 Å². The molecule has 0 aliphatic carbocycles. The molecule has 0 amide bonds. The Morgan fingerprint density at radius 1 is 1.08 bits per heavy atom. The van der Waals surface area contributed by atoms with E-state index in [-0.39, 0.29) is 0 Å². The second-order valence-corrected chi connectivity index (χ2v) is 3.03. The van der Waals surface area contributed by atoms with Crippen LogP contribution >= 0.6 is 0 Å². The highest BCUT2D eigenvalue weighted by Gasteiger charge is 1.97. The van der Waals surface area contributed by atoms with Crippen molar-refractivity contribution in [3.63, 3.8) is 0 Å². The van der Waals surface area contributed by atoms with Gasteiger partial charge in [0.2, 0.25) is 0 Å². The van der Waals surface area contributed by atoms with Crippen molar-refractivity contribution < 1.29 is 0 Å². The highest BCUT2D eigenvalue weighted by molar-refractivity contribution is 5.79. The van der Waals surface area contributed by atoms with Gasteiger partial charge in [-0.05, 0) is 43.2 Å². The molecule has 12 heavy (non-hydrogen) atoms. The summed E-state index contributed by atoms with van der Waals surface area (Å²) in [4.78, 5) is 0. The van der Waals surface area contributed by atoms with Crippen LogP contribution in [0.25, 0.3) is 10.9 Å². The third kappa shape index (κ3) is 1.05. The number of rotatable bonds is 0. The zero-order valence-electron chi connectivity index (χ0n) is 7.20. The molecule has 2 aromatic rings. The van der Waals surface area contributed by atoms with E-state index in [9.17, 15) is 0 Å². The molecule has 2 nitrogen and oxygen atoms in total. The van der Waals surface area contributed by atoms with Crippen LogP contribution < -0.4 is 0 Å². The third-order valence-corrected chi connectivity index (χ3v) is 2.13. The monoisotopic (exact) mass is 158 g/mol. The van der Waals surface area contributed by atoms with Gasteiger partial charge in [0, 0.05) is 5.39 Å². The molecule has 1 heterocycles. The van der Waals surface area contributed by atoms with Gasteiger partial charge in [-0.3, -0.25) is 0 Å². The van der Waals surface area contributed by atoms with Crippen molar-refractivity contribution in [1.29, 1.82) is 0 Å². The van der Waals surface area contributed by atoms with Crippen LogP contribution in [-0.4, -0.2) is 10.2 Å². The van der Waals surface area contributed by atoms with Crippen LogP contribution in [0.4, 0.5) is 0 Å². The first-order valence-electron chi connectivity index (χ1n) is 3.96. The van der Waals surface area contributed by atoms with Gasteiger partial charge in [-0.1, -0.05) is 0 Å². The fourth-order valence-corrected chi connectivity index (χ4v) is 1.25. The van der Waals surface area contributed by atoms with Crippen LogP contribution in [-0.2, 0) is 0 Å². The maximum absolute atomic E-state index is 4.03. The van der Waals surface area contributed by atoms with Crippen molar-refractivity contribution in [3.05, 3.63) is 35.5 Å². The maximum Gasteiger partial charge on any atom is 0.0932 e. The Hall–Kier alpha value is -1.44. The second kappa shape index (κ2) is 2.55. The van der Waals surface area contributed by atoms with Crippen LogP contribution in [0.15, 0.2) is 24.4 Å². The lowest BCUT2D eigenvalue weighted by Gasteiger charge is -2.00. The molecule has 0 unspecified atom stereocenters. The van der Waals surface area contributed by atoms with Gasteiger partial charge in [-0.2, -0.15) is 10.2 Å². The molecule has 1 aromatic heterocycles. The molecule has 0 aliphatic rings. The van der Waals surface area contributed by atoms with Gasteiger partial charge in [0.25, 0.3) is 0 Å². The second-order valence-electron chi connectivity index (χ2n) is 3.03. The molecular formula is C10H10N2. The van der Waals surface area contributed by atoms with Crippen LogP contribution in [0.1, 0.15) is 11.1 Å². The topological polar surface area (TPSA) is 25.8 Å². The van der Waals surface area contributed by atoms with Crippen LogP contribution in [0.2, 0.25) is 0 Å². The molecule has 0 saturated carbocycles. The average molecular weight is 158 g/mol. The Morgan fingerprint density at radius 3 is 2.67 bits per heavy atom. The molecule has 0 radical (unpaired) electrons. The summed E-state index contributed by atoms with van der Waals surface area (Å²) in [6.45, 7) is 4.19. The summed E-state index contributed by atoms with van der Waals surface area (Å²) >= 11 is 0. The largest absolute Gasteiger partial charge is 0.159 e. The molecule has 0 fully saturated rings. The summed E-state index contributed by atoms with van der Waals surface area (Å²) in [5, 5.41) is 9.03. The Kier molecular flexibility index (Phi) is 1.54. The van der Waals surface area contributed by atoms with E-state index in [0.717, 1.165) is 10.9 Å². The van der Waals surface area contributed by atoms with E-state index >= 15 is 0 Å². The zero-order chi connectivity index (χ0) is 8.55. The first kappa shape index (κ1) is 7.22. The summed E-state index contributed by atoms with van der Waals surface area (Å²) in [6.07, 6.45) is 1.72. The smallest absolute Gasteiger partial charge is 0.0932 e. The van der Waals surface area contributed by atoms with E-state index < -0.39 is 0 Å². The molecule has 0 bridgehead atoms. The van der Waals surface area contributed by atoms with E-state index in [1.807, 2.05) is 6.07 Å². The molecule has 1 aromatic carbocycles. The van der Waals surface area contributed by atoms with Crippen molar-refractivity contribution >= 4 is 10.9 Å². The van der Waals surface area contributed by atoms with Crippen molar-refractivity contribution in [1.82, 2.24) is 10.2 Å². The molecule has 2 heteroatoms. The molecule has 0 N–H and O–H groups in total. The quantitative estimate of drug-likeness (QED) is 0.587. The number of benzene rings is 1. The zero-order valence-corrected chi connectivity index (χ0v) is 7.20. The molecule has 0 spiro atoms. The minimum Gasteiger partial charge on any atom is -0.159 e. The summed E-state index contributed by atoms with van der Waals surface area (Å²) in [6, 6.07) is 6.19. The lowest BCUT2D eigenvalue weighted by atomic mass is 10.1. The van der Waals surface area contributed by atoms with E-state index in [0.29, 0.717) is 0 Å². The van der Waals surface area contributed by atoms with Crippen LogP contribution in [0, 0.1) is 13.8 Å². The highest BCUT2D eigenvalue weighted by Crippen LogP contribution is 2.15. The SMILES string of the molecule is Cc1cc2ccnnc2cc1C. The Morgan fingerprint density at radius 2 is 1.83 bits per heavy atom. The molecule has 0 aliphatic heterocycles. The minimum absolute atomic E-state index is 0.973. The van der Waals surface area contributed by atoms with Gasteiger partial charge in [0.15, 0.2) is 0 Å². The van der Waals surface area contributed by atoms with Gasteiger partial charge < -0.3 is 0 Å². The highest BCUT2D eigenvalue weighted by atomic mass is 15.1. The van der Waals surface area contributed by atoms with E-state index in [2.05, 4.69) is 36.2 Å². The Bertz CT molecular complexity index is 381. The van der Waals surface area contributed by atoms with E-state index in [1.54, 1.807) is 6.20 Å². The van der Waals surface area contributed by atoms with Crippen molar-refractivity contribution in [3.8, 4) is 0 Å². The summed E-state index contributed by atoms with van der Waals surface area (Å²) in [7, 11) is 0. The molecular weight excluding hydrogens is 148 g/mol. The average Bonchev–Trinajstić information content (AvgIpc) is 2.07. The number of aryl methyl sites for hydroxylation is 2. The first-order chi connectivity index (χ1) is 5.77. The number of hydrogen-bond acceptors (Lipinski definition) is 2. The van der Waals surface area contributed by atoms with Crippen molar-refractivity contribution in [2.75, 3.05) is 0 Å². The lowest BCUT2D eigenvalue weighted by molar-refractivity contribution is 1.07. The van der Waals surface area contributed by atoms with Crippen molar-refractivity contribution in [2.24, 2.45) is 0 Å². The van der Waals surface area contributed by atoms with Gasteiger partial charge in [0.05, 0.1) is 11.7 Å². The number of hydrogen-bond donors (Lipinski definition) is 0. The van der Waals surface area contributed by atoms with E-state index in [4.69, 9.17) is 0 Å². The fraction of sp³-hybridized carbons (Fsp3) is 0.200. The van der Waals surface area contributed by atoms with Crippen LogP contribution in [0.5, 0.6) is 0 Å². The number of aromatic nitrogens is 2. The molecule has 2 rings (SSSR count). The maximum atomic E-state index is 4.03. The predicted molar refractivity (Wildman–Crippen MR) is 49.0 cm³/mol. The fourth-order valence-electron chi connectivity index (χ4n) is 1.25. The van der Waals surface area contributed by atoms with E-state index in [1.165, 1.54) is 11.1 Å². The van der Waals surface area contributed by atoms with Gasteiger partial charge >= 0.3 is 0 Å².